The summed E-state index contributed by atoms with van der Waals surface area (Å²) in [6, 6.07) is 6.84. The molecule has 0 N–H and O–H groups in total. The number of carbonyl (C=O) groups excluding carboxylic acids is 2. The van der Waals surface area contributed by atoms with Crippen LogP contribution in [-0.4, -0.2) is 31.0 Å². The molecular formula is C16H17NO4. The second-order valence-corrected chi connectivity index (χ2v) is 4.66. The number of rotatable bonds is 4. The van der Waals surface area contributed by atoms with Crippen molar-refractivity contribution in [1.82, 2.24) is 4.57 Å². The van der Waals surface area contributed by atoms with E-state index in [0.717, 1.165) is 17.7 Å². The largest absolute Gasteiger partial charge is 0.495 e. The minimum absolute atomic E-state index is 0.419. The van der Waals surface area contributed by atoms with E-state index in [1.54, 1.807) is 31.4 Å². The number of hydrogen-bond donors (Lipinski definition) is 0. The molecule has 0 fully saturated rings. The standard InChI is InChI=1S/C16H17NO4/c1-10-7-13(9-18)11(2)17(10)14-8-12(16(19)21-4)5-6-15(14)20-3/h5-9H,1-4H3. The molecule has 110 valence electrons. The van der Waals surface area contributed by atoms with Crippen LogP contribution in [0.5, 0.6) is 5.75 Å². The summed E-state index contributed by atoms with van der Waals surface area (Å²) in [6.45, 7) is 3.74. The molecule has 2 aromatic rings. The third-order valence-corrected chi connectivity index (χ3v) is 3.44. The third-order valence-electron chi connectivity index (χ3n) is 3.44. The van der Waals surface area contributed by atoms with Crippen molar-refractivity contribution in [2.24, 2.45) is 0 Å². The van der Waals surface area contributed by atoms with E-state index >= 15 is 0 Å². The second-order valence-electron chi connectivity index (χ2n) is 4.66. The van der Waals surface area contributed by atoms with E-state index in [1.807, 2.05) is 18.4 Å². The van der Waals surface area contributed by atoms with Gasteiger partial charge in [0.2, 0.25) is 0 Å². The van der Waals surface area contributed by atoms with Gasteiger partial charge in [0.05, 0.1) is 25.5 Å². The molecule has 1 heterocycles. The zero-order valence-corrected chi connectivity index (χ0v) is 12.5. The summed E-state index contributed by atoms with van der Waals surface area (Å²) in [4.78, 5) is 22.8. The molecule has 0 bridgehead atoms. The highest BCUT2D eigenvalue weighted by Crippen LogP contribution is 2.29. The number of benzene rings is 1. The van der Waals surface area contributed by atoms with E-state index < -0.39 is 5.97 Å². The van der Waals surface area contributed by atoms with E-state index in [2.05, 4.69) is 0 Å². The normalized spacial score (nSPS) is 10.3. The summed E-state index contributed by atoms with van der Waals surface area (Å²) in [7, 11) is 2.90. The molecule has 0 radical (unpaired) electrons. The highest BCUT2D eigenvalue weighted by Gasteiger charge is 2.16. The van der Waals surface area contributed by atoms with Crippen LogP contribution in [0.1, 0.15) is 32.1 Å². The smallest absolute Gasteiger partial charge is 0.337 e. The fraction of sp³-hybridized carbons (Fsp3) is 0.250. The van der Waals surface area contributed by atoms with Gasteiger partial charge in [-0.15, -0.1) is 0 Å². The van der Waals surface area contributed by atoms with Gasteiger partial charge in [0.15, 0.2) is 6.29 Å². The number of methoxy groups -OCH3 is 2. The molecule has 2 rings (SSSR count). The van der Waals surface area contributed by atoms with Gasteiger partial charge in [-0.25, -0.2) is 4.79 Å². The molecule has 1 aromatic carbocycles. The zero-order chi connectivity index (χ0) is 15.6. The molecule has 5 nitrogen and oxygen atoms in total. The SMILES string of the molecule is COC(=O)c1ccc(OC)c(-n2c(C)cc(C=O)c2C)c1. The van der Waals surface area contributed by atoms with E-state index in [1.165, 1.54) is 7.11 Å². The Morgan fingerprint density at radius 1 is 1.19 bits per heavy atom. The average Bonchev–Trinajstić information content (AvgIpc) is 2.79. The Bertz CT molecular complexity index is 701. The van der Waals surface area contributed by atoms with Gasteiger partial charge in [-0.1, -0.05) is 0 Å². The van der Waals surface area contributed by atoms with Gasteiger partial charge in [-0.2, -0.15) is 0 Å². The fourth-order valence-corrected chi connectivity index (χ4v) is 2.39. The summed E-state index contributed by atoms with van der Waals surface area (Å²) in [5.74, 6) is 0.193. The minimum Gasteiger partial charge on any atom is -0.495 e. The lowest BCUT2D eigenvalue weighted by Crippen LogP contribution is -2.06. The molecule has 0 saturated carbocycles. The van der Waals surface area contributed by atoms with Crippen molar-refractivity contribution < 1.29 is 19.1 Å². The number of aldehydes is 1. The summed E-state index contributed by atoms with van der Waals surface area (Å²) >= 11 is 0. The predicted molar refractivity (Wildman–Crippen MR) is 78.5 cm³/mol. The van der Waals surface area contributed by atoms with Crippen molar-refractivity contribution in [3.05, 3.63) is 46.8 Å². The molecule has 0 spiro atoms. The number of aromatic nitrogens is 1. The van der Waals surface area contributed by atoms with E-state index in [4.69, 9.17) is 9.47 Å². The fourth-order valence-electron chi connectivity index (χ4n) is 2.39. The number of nitrogens with zero attached hydrogens (tertiary/aromatic N) is 1. The van der Waals surface area contributed by atoms with Crippen LogP contribution in [0.2, 0.25) is 0 Å². The van der Waals surface area contributed by atoms with Crippen LogP contribution < -0.4 is 4.74 Å². The van der Waals surface area contributed by atoms with E-state index in [-0.39, 0.29) is 0 Å². The predicted octanol–water partition coefficient (Wildman–Crippen LogP) is 2.70. The van der Waals surface area contributed by atoms with Crippen molar-refractivity contribution in [2.75, 3.05) is 14.2 Å². The maximum atomic E-state index is 11.7. The number of ether oxygens (including phenoxy) is 2. The first kappa shape index (κ1) is 14.8. The summed E-state index contributed by atoms with van der Waals surface area (Å²) in [6.07, 6.45) is 0.815. The zero-order valence-electron chi connectivity index (χ0n) is 12.5. The molecule has 0 amide bonds. The highest BCUT2D eigenvalue weighted by molar-refractivity contribution is 5.90. The topological polar surface area (TPSA) is 57.5 Å². The summed E-state index contributed by atoms with van der Waals surface area (Å²) in [5.41, 5.74) is 3.41. The average molecular weight is 287 g/mol. The Hall–Kier alpha value is -2.56. The Morgan fingerprint density at radius 2 is 1.90 bits per heavy atom. The van der Waals surface area contributed by atoms with Crippen LogP contribution in [0.3, 0.4) is 0 Å². The van der Waals surface area contributed by atoms with Gasteiger partial charge in [0.1, 0.15) is 5.75 Å². The van der Waals surface area contributed by atoms with Crippen LogP contribution in [-0.2, 0) is 4.74 Å². The van der Waals surface area contributed by atoms with Gasteiger partial charge in [-0.3, -0.25) is 4.79 Å². The molecule has 0 atom stereocenters. The summed E-state index contributed by atoms with van der Waals surface area (Å²) in [5, 5.41) is 0. The first-order chi connectivity index (χ1) is 10.0. The number of hydrogen-bond acceptors (Lipinski definition) is 4. The van der Waals surface area contributed by atoms with Crippen molar-refractivity contribution >= 4 is 12.3 Å². The number of carbonyl (C=O) groups is 2. The molecule has 5 heteroatoms. The molecule has 0 aliphatic heterocycles. The molecule has 21 heavy (non-hydrogen) atoms. The Kier molecular flexibility index (Phi) is 4.12. The Balaban J connectivity index is 2.69. The van der Waals surface area contributed by atoms with Crippen LogP contribution in [0.25, 0.3) is 5.69 Å². The van der Waals surface area contributed by atoms with Gasteiger partial charge in [0.25, 0.3) is 0 Å². The van der Waals surface area contributed by atoms with Gasteiger partial charge in [-0.05, 0) is 38.1 Å². The first-order valence-corrected chi connectivity index (χ1v) is 6.44. The lowest BCUT2D eigenvalue weighted by Gasteiger charge is -2.15. The Labute approximate surface area is 123 Å². The second kappa shape index (κ2) is 5.83. The van der Waals surface area contributed by atoms with Crippen LogP contribution >= 0.6 is 0 Å². The minimum atomic E-state index is -0.419. The molecule has 0 saturated heterocycles. The summed E-state index contributed by atoms with van der Waals surface area (Å²) < 4.78 is 12.0. The maximum Gasteiger partial charge on any atom is 0.337 e. The highest BCUT2D eigenvalue weighted by atomic mass is 16.5. The van der Waals surface area contributed by atoms with Crippen LogP contribution in [0.15, 0.2) is 24.3 Å². The quantitative estimate of drug-likeness (QED) is 0.641. The van der Waals surface area contributed by atoms with Gasteiger partial charge < -0.3 is 14.0 Å². The lowest BCUT2D eigenvalue weighted by molar-refractivity contribution is 0.0600. The van der Waals surface area contributed by atoms with E-state index in [0.29, 0.717) is 22.6 Å². The molecule has 0 unspecified atom stereocenters. The van der Waals surface area contributed by atoms with Gasteiger partial charge >= 0.3 is 5.97 Å². The van der Waals surface area contributed by atoms with Crippen molar-refractivity contribution in [3.63, 3.8) is 0 Å². The number of aryl methyl sites for hydroxylation is 1. The first-order valence-electron chi connectivity index (χ1n) is 6.44. The van der Waals surface area contributed by atoms with Crippen molar-refractivity contribution in [3.8, 4) is 11.4 Å². The van der Waals surface area contributed by atoms with Crippen molar-refractivity contribution in [1.29, 1.82) is 0 Å². The van der Waals surface area contributed by atoms with E-state index in [9.17, 15) is 9.59 Å². The Morgan fingerprint density at radius 3 is 2.43 bits per heavy atom. The lowest BCUT2D eigenvalue weighted by atomic mass is 10.1. The molecule has 1 aromatic heterocycles. The van der Waals surface area contributed by atoms with Crippen LogP contribution in [0.4, 0.5) is 0 Å². The molecular weight excluding hydrogens is 270 g/mol. The molecule has 0 aliphatic carbocycles. The van der Waals surface area contributed by atoms with Gasteiger partial charge in [0, 0.05) is 17.0 Å². The maximum absolute atomic E-state index is 11.7. The third kappa shape index (κ3) is 2.54. The number of esters is 1. The molecule has 0 aliphatic rings. The monoisotopic (exact) mass is 287 g/mol. The van der Waals surface area contributed by atoms with Crippen LogP contribution in [0, 0.1) is 13.8 Å². The van der Waals surface area contributed by atoms with Crippen molar-refractivity contribution in [2.45, 2.75) is 13.8 Å².